The van der Waals surface area contributed by atoms with Gasteiger partial charge in [-0.1, -0.05) is 29.8 Å². The largest absolute Gasteiger partial charge is 0.490 e. The maximum Gasteiger partial charge on any atom is 0.490 e. The predicted molar refractivity (Wildman–Crippen MR) is 142 cm³/mol. The Morgan fingerprint density at radius 3 is 1.88 bits per heavy atom. The van der Waals surface area contributed by atoms with Gasteiger partial charge in [-0.05, 0) is 32.4 Å². The lowest BCUT2D eigenvalue weighted by Crippen LogP contribution is -2.56. The highest BCUT2D eigenvalue weighted by Crippen LogP contribution is 2.41. The first-order chi connectivity index (χ1) is 19.9. The van der Waals surface area contributed by atoms with Crippen molar-refractivity contribution in [2.24, 2.45) is 7.05 Å². The Kier molecular flexibility index (Phi) is 10.3. The Labute approximate surface area is 243 Å². The first-order valence-corrected chi connectivity index (χ1v) is 13.1. The number of hydrogen-bond donors (Lipinski definition) is 2. The van der Waals surface area contributed by atoms with Crippen LogP contribution in [0.1, 0.15) is 29.8 Å². The fraction of sp³-hybridized carbons (Fsp3) is 0.481. The normalized spacial score (nSPS) is 16.9. The van der Waals surface area contributed by atoms with Gasteiger partial charge in [-0.2, -0.15) is 31.4 Å². The highest BCUT2D eigenvalue weighted by atomic mass is 19.4. The summed E-state index contributed by atoms with van der Waals surface area (Å²) in [5.74, 6) is -4.26. The molecule has 43 heavy (non-hydrogen) atoms. The molecular formula is C27H32F6N6O4. The molecule has 16 heteroatoms. The zero-order chi connectivity index (χ0) is 32.2. The average Bonchev–Trinajstić information content (AvgIpc) is 3.54. The summed E-state index contributed by atoms with van der Waals surface area (Å²) in [6.07, 6.45) is -1.74. The molecule has 5 rings (SSSR count). The summed E-state index contributed by atoms with van der Waals surface area (Å²) in [7, 11) is 4.26. The van der Waals surface area contributed by atoms with E-state index < -0.39 is 24.3 Å². The number of aryl methyl sites for hydroxylation is 2. The molecule has 3 aromatic rings. The fourth-order valence-corrected chi connectivity index (χ4v) is 5.06. The smallest absolute Gasteiger partial charge is 0.475 e. The molecule has 1 saturated heterocycles. The highest BCUT2D eigenvalue weighted by Gasteiger charge is 2.45. The molecule has 0 atom stereocenters. The summed E-state index contributed by atoms with van der Waals surface area (Å²) in [6.45, 7) is 7.38. The van der Waals surface area contributed by atoms with E-state index >= 15 is 0 Å². The number of fused-ring (bicyclic) bond motifs is 2. The molecule has 0 unspecified atom stereocenters. The zero-order valence-electron chi connectivity index (χ0n) is 23.7. The Bertz CT molecular complexity index is 1370. The summed E-state index contributed by atoms with van der Waals surface area (Å²) in [5, 5.41) is 18.6. The summed E-state index contributed by atoms with van der Waals surface area (Å²) >= 11 is 0. The minimum Gasteiger partial charge on any atom is -0.475 e. The van der Waals surface area contributed by atoms with E-state index in [1.807, 2.05) is 17.9 Å². The molecule has 2 aliphatic heterocycles. The predicted octanol–water partition coefficient (Wildman–Crippen LogP) is 4.30. The number of halogens is 6. The van der Waals surface area contributed by atoms with Gasteiger partial charge in [0.2, 0.25) is 0 Å². The minimum atomic E-state index is -5.08. The van der Waals surface area contributed by atoms with Crippen molar-refractivity contribution in [2.45, 2.75) is 50.7 Å². The Balaban J connectivity index is 0.000000303. The van der Waals surface area contributed by atoms with E-state index in [1.54, 1.807) is 0 Å². The number of piperidine rings is 1. The molecule has 1 spiro atoms. The van der Waals surface area contributed by atoms with E-state index in [2.05, 4.69) is 70.1 Å². The average molecular weight is 619 g/mol. The summed E-state index contributed by atoms with van der Waals surface area (Å²) in [6, 6.07) is 8.83. The quantitative estimate of drug-likeness (QED) is 0.418. The van der Waals surface area contributed by atoms with Crippen LogP contribution in [0, 0.1) is 6.92 Å². The number of alkyl halides is 6. The lowest BCUT2D eigenvalue weighted by atomic mass is 9.83. The number of carboxylic acid groups (broad SMARTS) is 2. The summed E-state index contributed by atoms with van der Waals surface area (Å²) in [5.41, 5.74) is 5.16. The fourth-order valence-electron chi connectivity index (χ4n) is 5.06. The van der Waals surface area contributed by atoms with Crippen molar-refractivity contribution in [3.63, 3.8) is 0 Å². The van der Waals surface area contributed by atoms with E-state index in [-0.39, 0.29) is 5.54 Å². The molecule has 0 saturated carbocycles. The van der Waals surface area contributed by atoms with E-state index in [0.29, 0.717) is 0 Å². The van der Waals surface area contributed by atoms with Gasteiger partial charge in [0, 0.05) is 51.5 Å². The minimum absolute atomic E-state index is 0.0482. The second-order valence-electron chi connectivity index (χ2n) is 10.3. The number of carbonyl (C=O) groups is 2. The third-order valence-corrected chi connectivity index (χ3v) is 7.34. The van der Waals surface area contributed by atoms with Crippen molar-refractivity contribution in [3.8, 4) is 11.3 Å². The first-order valence-electron chi connectivity index (χ1n) is 13.1. The van der Waals surface area contributed by atoms with Crippen molar-refractivity contribution in [2.75, 3.05) is 26.7 Å². The molecule has 0 aliphatic carbocycles. The van der Waals surface area contributed by atoms with Crippen LogP contribution in [0.2, 0.25) is 0 Å². The van der Waals surface area contributed by atoms with E-state index in [0.717, 1.165) is 45.6 Å². The number of hydrogen-bond acceptors (Lipinski definition) is 6. The maximum atomic E-state index is 10.6. The molecule has 236 valence electrons. The van der Waals surface area contributed by atoms with E-state index in [4.69, 9.17) is 24.8 Å². The number of imidazole rings is 1. The van der Waals surface area contributed by atoms with Gasteiger partial charge in [0.1, 0.15) is 5.82 Å². The Morgan fingerprint density at radius 1 is 0.884 bits per heavy atom. The monoisotopic (exact) mass is 618 g/mol. The van der Waals surface area contributed by atoms with Crippen LogP contribution in [-0.2, 0) is 35.3 Å². The molecule has 0 amide bonds. The third-order valence-electron chi connectivity index (χ3n) is 7.34. The first kappa shape index (κ1) is 33.6. The van der Waals surface area contributed by atoms with E-state index in [9.17, 15) is 26.3 Å². The van der Waals surface area contributed by atoms with Gasteiger partial charge >= 0.3 is 24.3 Å². The van der Waals surface area contributed by atoms with Gasteiger partial charge in [-0.15, -0.1) is 0 Å². The maximum absolute atomic E-state index is 10.6. The topological polar surface area (TPSA) is 117 Å². The number of aromatic nitrogens is 4. The van der Waals surface area contributed by atoms with Crippen LogP contribution in [-0.4, -0.2) is 90.3 Å². The van der Waals surface area contributed by atoms with Crippen LogP contribution in [0.25, 0.3) is 11.3 Å². The molecule has 1 aromatic carbocycles. The van der Waals surface area contributed by atoms with Crippen molar-refractivity contribution >= 4 is 11.9 Å². The van der Waals surface area contributed by atoms with Crippen molar-refractivity contribution in [1.82, 2.24) is 29.1 Å². The van der Waals surface area contributed by atoms with Crippen LogP contribution in [0.4, 0.5) is 26.3 Å². The molecule has 0 bridgehead atoms. The standard InChI is InChI=1S/C23H30N6.2C2HF3O2/c1-18-4-6-20(7-5-18)21-15-24-22-23(26(2)12-13-29(21)22)8-10-28(11-9-23)17-19-14-25-27(3)16-19;2*3-2(4,5)1(6)7/h4-7,14-16H,8-13,17H2,1-3H3;2*(H,6,7). The van der Waals surface area contributed by atoms with Gasteiger partial charge in [-0.25, -0.2) is 14.6 Å². The molecule has 4 heterocycles. The Morgan fingerprint density at radius 2 is 1.42 bits per heavy atom. The number of likely N-dealkylation sites (tertiary alicyclic amines) is 1. The molecule has 2 aliphatic rings. The number of carboxylic acids is 2. The van der Waals surface area contributed by atoms with Crippen molar-refractivity contribution < 1.29 is 46.1 Å². The zero-order valence-corrected chi connectivity index (χ0v) is 23.7. The van der Waals surface area contributed by atoms with Crippen molar-refractivity contribution in [1.29, 1.82) is 0 Å². The number of nitrogens with zero attached hydrogens (tertiary/aromatic N) is 6. The number of likely N-dealkylation sites (N-methyl/N-ethyl adjacent to an activating group) is 1. The Hall–Kier alpha value is -3.92. The van der Waals surface area contributed by atoms with Gasteiger partial charge in [0.25, 0.3) is 0 Å². The second-order valence-corrected chi connectivity index (χ2v) is 10.3. The van der Waals surface area contributed by atoms with Crippen LogP contribution in [0.15, 0.2) is 42.9 Å². The van der Waals surface area contributed by atoms with E-state index in [1.165, 1.54) is 28.2 Å². The van der Waals surface area contributed by atoms with Gasteiger partial charge in [0.15, 0.2) is 0 Å². The molecule has 2 aromatic heterocycles. The molecule has 0 radical (unpaired) electrons. The summed E-state index contributed by atoms with van der Waals surface area (Å²) < 4.78 is 67.8. The van der Waals surface area contributed by atoms with Crippen molar-refractivity contribution in [3.05, 3.63) is 59.8 Å². The SMILES string of the molecule is Cc1ccc(-c2cnc3n2CCN(C)C32CCN(Cc3cnn(C)c3)CC2)cc1.O=C(O)C(F)(F)F.O=C(O)C(F)(F)F. The van der Waals surface area contributed by atoms with Crippen LogP contribution in [0.3, 0.4) is 0 Å². The van der Waals surface area contributed by atoms with Crippen LogP contribution in [0.5, 0.6) is 0 Å². The lowest BCUT2D eigenvalue weighted by molar-refractivity contribution is -0.193. The molecule has 2 N–H and O–H groups in total. The number of benzene rings is 1. The molecule has 10 nitrogen and oxygen atoms in total. The lowest BCUT2D eigenvalue weighted by Gasteiger charge is -2.49. The van der Waals surface area contributed by atoms with Crippen LogP contribution >= 0.6 is 0 Å². The summed E-state index contributed by atoms with van der Waals surface area (Å²) in [4.78, 5) is 27.9. The van der Waals surface area contributed by atoms with Gasteiger partial charge in [-0.3, -0.25) is 14.5 Å². The highest BCUT2D eigenvalue weighted by molar-refractivity contribution is 5.73. The van der Waals surface area contributed by atoms with Gasteiger partial charge < -0.3 is 14.8 Å². The third kappa shape index (κ3) is 8.34. The van der Waals surface area contributed by atoms with Gasteiger partial charge in [0.05, 0.1) is 23.6 Å². The molecule has 1 fully saturated rings. The molecular weight excluding hydrogens is 586 g/mol. The van der Waals surface area contributed by atoms with Crippen LogP contribution < -0.4 is 0 Å². The number of rotatable bonds is 3. The second kappa shape index (κ2) is 13.2. The number of aliphatic carboxylic acids is 2.